The Morgan fingerprint density at radius 1 is 1.35 bits per heavy atom. The fraction of sp³-hybridized carbons (Fsp3) is 0.417. The Kier molecular flexibility index (Phi) is 6.78. The molecule has 0 bridgehead atoms. The number of hydrogen-bond donors (Lipinski definition) is 3. The van der Waals surface area contributed by atoms with Gasteiger partial charge in [0.1, 0.15) is 0 Å². The van der Waals surface area contributed by atoms with Gasteiger partial charge in [-0.1, -0.05) is 30.3 Å². The summed E-state index contributed by atoms with van der Waals surface area (Å²) in [4.78, 5) is 3.90. The average Bonchev–Trinajstić information content (AvgIpc) is 2.39. The van der Waals surface area contributed by atoms with E-state index in [1.807, 2.05) is 18.2 Å². The van der Waals surface area contributed by atoms with Gasteiger partial charge in [-0.15, -0.1) is 0 Å². The number of nitrogens with two attached hydrogens (primary N) is 1. The van der Waals surface area contributed by atoms with Gasteiger partial charge in [-0.2, -0.15) is 0 Å². The monoisotopic (exact) mass is 236 g/mol. The quantitative estimate of drug-likeness (QED) is 0.223. The van der Waals surface area contributed by atoms with Crippen LogP contribution in [0.1, 0.15) is 12.0 Å². The van der Waals surface area contributed by atoms with E-state index >= 15 is 0 Å². The summed E-state index contributed by atoms with van der Waals surface area (Å²) in [6, 6.07) is 10.1. The van der Waals surface area contributed by atoms with Crippen LogP contribution >= 0.6 is 0 Å². The molecular formula is C12H20N4O. The van der Waals surface area contributed by atoms with Crippen molar-refractivity contribution < 1.29 is 4.74 Å². The third-order valence-corrected chi connectivity index (χ3v) is 2.23. The lowest BCUT2D eigenvalue weighted by Gasteiger charge is -2.08. The molecular weight excluding hydrogens is 216 g/mol. The molecule has 5 nitrogen and oxygen atoms in total. The highest BCUT2D eigenvalue weighted by Gasteiger charge is 1.94. The molecule has 0 saturated carbocycles. The summed E-state index contributed by atoms with van der Waals surface area (Å²) in [6.45, 7) is 2.15. The molecule has 1 rings (SSSR count). The zero-order chi connectivity index (χ0) is 12.3. The second-order valence-corrected chi connectivity index (χ2v) is 3.54. The van der Waals surface area contributed by atoms with Crippen LogP contribution < -0.4 is 16.6 Å². The molecule has 0 saturated heterocycles. The number of hydrogen-bond acceptors (Lipinski definition) is 3. The number of rotatable bonds is 6. The number of nitrogens with zero attached hydrogens (tertiary/aromatic N) is 1. The van der Waals surface area contributed by atoms with Crippen LogP contribution in [0.5, 0.6) is 0 Å². The summed E-state index contributed by atoms with van der Waals surface area (Å²) in [7, 11) is 1.67. The van der Waals surface area contributed by atoms with E-state index in [9.17, 15) is 0 Å². The second kappa shape index (κ2) is 8.55. The standard InChI is InChI=1S/C12H20N4O/c1-14-12(16-13)15-8-5-9-17-10-11-6-3-2-4-7-11/h2-4,6-7H,5,8-10,13H2,1H3,(H2,14,15,16). The number of ether oxygens (including phenoxy) is 1. The summed E-state index contributed by atoms with van der Waals surface area (Å²) in [6.07, 6.45) is 0.910. The normalized spacial score (nSPS) is 11.3. The predicted molar refractivity (Wildman–Crippen MR) is 69.4 cm³/mol. The van der Waals surface area contributed by atoms with Gasteiger partial charge < -0.3 is 10.1 Å². The summed E-state index contributed by atoms with van der Waals surface area (Å²) >= 11 is 0. The first-order valence-corrected chi connectivity index (χ1v) is 5.65. The van der Waals surface area contributed by atoms with Gasteiger partial charge in [-0.3, -0.25) is 10.4 Å². The van der Waals surface area contributed by atoms with Gasteiger partial charge in [0.2, 0.25) is 5.96 Å². The zero-order valence-corrected chi connectivity index (χ0v) is 10.1. The van der Waals surface area contributed by atoms with E-state index in [0.717, 1.165) is 13.0 Å². The molecule has 0 atom stereocenters. The van der Waals surface area contributed by atoms with Crippen molar-refractivity contribution in [2.75, 3.05) is 20.2 Å². The van der Waals surface area contributed by atoms with E-state index in [0.29, 0.717) is 19.2 Å². The van der Waals surface area contributed by atoms with Crippen molar-refractivity contribution in [3.8, 4) is 0 Å². The highest BCUT2D eigenvalue weighted by Crippen LogP contribution is 2.00. The average molecular weight is 236 g/mol. The fourth-order valence-corrected chi connectivity index (χ4v) is 1.34. The molecule has 0 aliphatic heterocycles. The highest BCUT2D eigenvalue weighted by molar-refractivity contribution is 5.78. The van der Waals surface area contributed by atoms with Crippen molar-refractivity contribution in [1.82, 2.24) is 10.7 Å². The van der Waals surface area contributed by atoms with Gasteiger partial charge >= 0.3 is 0 Å². The minimum absolute atomic E-state index is 0.591. The Labute approximate surface area is 102 Å². The Morgan fingerprint density at radius 2 is 2.12 bits per heavy atom. The summed E-state index contributed by atoms with van der Waals surface area (Å²) in [5.41, 5.74) is 3.66. The molecule has 0 spiro atoms. The van der Waals surface area contributed by atoms with Gasteiger partial charge in [-0.05, 0) is 12.0 Å². The first-order valence-electron chi connectivity index (χ1n) is 5.65. The van der Waals surface area contributed by atoms with Crippen LogP contribution in [0.4, 0.5) is 0 Å². The smallest absolute Gasteiger partial charge is 0.205 e. The maximum absolute atomic E-state index is 5.54. The predicted octanol–water partition coefficient (Wildman–Crippen LogP) is 0.632. The number of benzene rings is 1. The van der Waals surface area contributed by atoms with Crippen LogP contribution in [0, 0.1) is 0 Å². The lowest BCUT2D eigenvalue weighted by molar-refractivity contribution is 0.119. The third-order valence-electron chi connectivity index (χ3n) is 2.23. The number of aliphatic imine (C=N–C) groups is 1. The number of nitrogens with one attached hydrogen (secondary N) is 2. The first-order chi connectivity index (χ1) is 8.36. The molecule has 5 heteroatoms. The molecule has 0 fully saturated rings. The summed E-state index contributed by atoms with van der Waals surface area (Å²) < 4.78 is 5.54. The first kappa shape index (κ1) is 13.5. The largest absolute Gasteiger partial charge is 0.377 e. The van der Waals surface area contributed by atoms with E-state index in [4.69, 9.17) is 10.6 Å². The molecule has 0 aliphatic carbocycles. The summed E-state index contributed by atoms with van der Waals surface area (Å²) in [5, 5.41) is 3.05. The molecule has 1 aromatic carbocycles. The molecule has 0 aliphatic rings. The van der Waals surface area contributed by atoms with Gasteiger partial charge in [0.25, 0.3) is 0 Å². The van der Waals surface area contributed by atoms with E-state index in [-0.39, 0.29) is 0 Å². The molecule has 94 valence electrons. The fourth-order valence-electron chi connectivity index (χ4n) is 1.34. The van der Waals surface area contributed by atoms with Crippen molar-refractivity contribution in [3.63, 3.8) is 0 Å². The second-order valence-electron chi connectivity index (χ2n) is 3.54. The zero-order valence-electron chi connectivity index (χ0n) is 10.1. The van der Waals surface area contributed by atoms with E-state index in [1.165, 1.54) is 5.56 Å². The highest BCUT2D eigenvalue weighted by atomic mass is 16.5. The van der Waals surface area contributed by atoms with E-state index in [2.05, 4.69) is 27.9 Å². The Morgan fingerprint density at radius 3 is 2.76 bits per heavy atom. The van der Waals surface area contributed by atoms with Gasteiger partial charge in [0.05, 0.1) is 6.61 Å². The molecule has 0 heterocycles. The SMILES string of the molecule is CN=C(NN)NCCCOCc1ccccc1. The van der Waals surface area contributed by atoms with Gasteiger partial charge in [0.15, 0.2) is 0 Å². The van der Waals surface area contributed by atoms with Gasteiger partial charge in [-0.25, -0.2) is 5.84 Å². The Bertz CT molecular complexity index is 327. The van der Waals surface area contributed by atoms with E-state index < -0.39 is 0 Å². The lowest BCUT2D eigenvalue weighted by atomic mass is 10.2. The molecule has 1 aromatic rings. The van der Waals surface area contributed by atoms with Crippen LogP contribution in [0.2, 0.25) is 0 Å². The number of hydrazine groups is 1. The van der Waals surface area contributed by atoms with Crippen LogP contribution in [0.25, 0.3) is 0 Å². The maximum Gasteiger partial charge on any atom is 0.205 e. The van der Waals surface area contributed by atoms with Crippen molar-refractivity contribution >= 4 is 5.96 Å². The molecule has 0 aromatic heterocycles. The van der Waals surface area contributed by atoms with Crippen molar-refractivity contribution in [1.29, 1.82) is 0 Å². The molecule has 4 N–H and O–H groups in total. The number of guanidine groups is 1. The van der Waals surface area contributed by atoms with Crippen LogP contribution in [-0.2, 0) is 11.3 Å². The minimum atomic E-state index is 0.591. The van der Waals surface area contributed by atoms with Crippen molar-refractivity contribution in [2.24, 2.45) is 10.8 Å². The van der Waals surface area contributed by atoms with Crippen molar-refractivity contribution in [2.45, 2.75) is 13.0 Å². The summed E-state index contributed by atoms with van der Waals surface area (Å²) in [5.74, 6) is 5.82. The topological polar surface area (TPSA) is 71.7 Å². The van der Waals surface area contributed by atoms with Crippen LogP contribution in [0.15, 0.2) is 35.3 Å². The minimum Gasteiger partial charge on any atom is -0.377 e. The van der Waals surface area contributed by atoms with Crippen molar-refractivity contribution in [3.05, 3.63) is 35.9 Å². The molecule has 0 amide bonds. The Balaban J connectivity index is 2.02. The Hall–Kier alpha value is -1.59. The van der Waals surface area contributed by atoms with Crippen LogP contribution in [0.3, 0.4) is 0 Å². The van der Waals surface area contributed by atoms with Gasteiger partial charge in [0, 0.05) is 20.2 Å². The van der Waals surface area contributed by atoms with Crippen LogP contribution in [-0.4, -0.2) is 26.2 Å². The lowest BCUT2D eigenvalue weighted by Crippen LogP contribution is -2.41. The third kappa shape index (κ3) is 5.89. The molecule has 0 unspecified atom stereocenters. The van der Waals surface area contributed by atoms with E-state index in [1.54, 1.807) is 7.05 Å². The molecule has 0 radical (unpaired) electrons. The molecule has 17 heavy (non-hydrogen) atoms. The maximum atomic E-state index is 5.54.